The normalized spacial score (nSPS) is 10.2. The summed E-state index contributed by atoms with van der Waals surface area (Å²) < 4.78 is 5.53. The van der Waals surface area contributed by atoms with Crippen LogP contribution in [-0.4, -0.2) is 16.0 Å². The van der Waals surface area contributed by atoms with Crippen molar-refractivity contribution in [2.75, 3.05) is 10.6 Å². The van der Waals surface area contributed by atoms with Gasteiger partial charge in [0, 0.05) is 29.0 Å². The number of benzene rings is 1. The first kappa shape index (κ1) is 17.0. The van der Waals surface area contributed by atoms with Gasteiger partial charge in [-0.15, -0.1) is 0 Å². The lowest BCUT2D eigenvalue weighted by Crippen LogP contribution is -2.19. The number of rotatable bonds is 4. The monoisotopic (exact) mass is 374 g/mol. The summed E-state index contributed by atoms with van der Waals surface area (Å²) in [5.74, 6) is 0.823. The van der Waals surface area contributed by atoms with E-state index >= 15 is 0 Å². The highest BCUT2D eigenvalue weighted by molar-refractivity contribution is 6.31. The van der Waals surface area contributed by atoms with Crippen LogP contribution in [0.1, 0.15) is 0 Å². The Bertz CT molecular complexity index is 888. The van der Waals surface area contributed by atoms with Gasteiger partial charge in [-0.2, -0.15) is 0 Å². The average molecular weight is 375 g/mol. The molecule has 0 aliphatic rings. The summed E-state index contributed by atoms with van der Waals surface area (Å²) in [5, 5.41) is 6.35. The van der Waals surface area contributed by atoms with Crippen molar-refractivity contribution >= 4 is 40.6 Å². The Morgan fingerprint density at radius 1 is 0.920 bits per heavy atom. The number of hydrogen-bond acceptors (Lipinski definition) is 4. The van der Waals surface area contributed by atoms with E-state index in [1.54, 1.807) is 42.5 Å². The summed E-state index contributed by atoms with van der Waals surface area (Å²) in [6.45, 7) is 0. The van der Waals surface area contributed by atoms with Crippen molar-refractivity contribution in [1.82, 2.24) is 9.97 Å². The zero-order valence-electron chi connectivity index (χ0n) is 12.7. The standard InChI is InChI=1S/C17H12Cl2N4O2/c18-11-2-1-3-13(6-11)22-17(24)23-14-4-5-16(21-9-14)25-15-7-12(19)8-20-10-15/h1-10H,(H2,22,23,24). The number of amides is 2. The lowest BCUT2D eigenvalue weighted by Gasteiger charge is -2.09. The van der Waals surface area contributed by atoms with Crippen molar-refractivity contribution in [2.45, 2.75) is 0 Å². The molecule has 2 amide bonds. The zero-order chi connectivity index (χ0) is 17.6. The van der Waals surface area contributed by atoms with Crippen molar-refractivity contribution < 1.29 is 9.53 Å². The number of aromatic nitrogens is 2. The minimum atomic E-state index is -0.406. The Morgan fingerprint density at radius 2 is 1.76 bits per heavy atom. The largest absolute Gasteiger partial charge is 0.437 e. The summed E-state index contributed by atoms with van der Waals surface area (Å²) >= 11 is 11.7. The number of carbonyl (C=O) groups excluding carboxylic acids is 1. The quantitative estimate of drug-likeness (QED) is 0.656. The fourth-order valence-corrected chi connectivity index (χ4v) is 2.30. The molecule has 8 heteroatoms. The number of hydrogen-bond donors (Lipinski definition) is 2. The van der Waals surface area contributed by atoms with Gasteiger partial charge < -0.3 is 15.4 Å². The maximum absolute atomic E-state index is 12.0. The second-order valence-electron chi connectivity index (χ2n) is 4.92. The third-order valence-electron chi connectivity index (χ3n) is 2.98. The smallest absolute Gasteiger partial charge is 0.323 e. The van der Waals surface area contributed by atoms with Gasteiger partial charge in [-0.25, -0.2) is 9.78 Å². The molecule has 1 aromatic carbocycles. The highest BCUT2D eigenvalue weighted by atomic mass is 35.5. The molecular weight excluding hydrogens is 363 g/mol. The third-order valence-corrected chi connectivity index (χ3v) is 3.42. The van der Waals surface area contributed by atoms with Crippen LogP contribution in [0.2, 0.25) is 10.0 Å². The molecule has 0 bridgehead atoms. The molecular formula is C17H12Cl2N4O2. The summed E-state index contributed by atoms with van der Waals surface area (Å²) in [6.07, 6.45) is 4.51. The van der Waals surface area contributed by atoms with E-state index in [0.29, 0.717) is 33.0 Å². The van der Waals surface area contributed by atoms with E-state index < -0.39 is 6.03 Å². The molecule has 2 N–H and O–H groups in total. The molecule has 0 aliphatic heterocycles. The van der Waals surface area contributed by atoms with Crippen molar-refractivity contribution in [2.24, 2.45) is 0 Å². The van der Waals surface area contributed by atoms with Crippen LogP contribution in [0.15, 0.2) is 61.1 Å². The van der Waals surface area contributed by atoms with Crippen LogP contribution in [0.3, 0.4) is 0 Å². The summed E-state index contributed by atoms with van der Waals surface area (Å²) in [7, 11) is 0. The lowest BCUT2D eigenvalue weighted by molar-refractivity contribution is 0.262. The van der Waals surface area contributed by atoms with E-state index in [4.69, 9.17) is 27.9 Å². The van der Waals surface area contributed by atoms with Crippen LogP contribution < -0.4 is 15.4 Å². The van der Waals surface area contributed by atoms with Gasteiger partial charge in [0.05, 0.1) is 23.1 Å². The highest BCUT2D eigenvalue weighted by Gasteiger charge is 2.05. The van der Waals surface area contributed by atoms with Gasteiger partial charge in [0.2, 0.25) is 5.88 Å². The molecule has 25 heavy (non-hydrogen) atoms. The fraction of sp³-hybridized carbons (Fsp3) is 0. The first-order valence-corrected chi connectivity index (χ1v) is 7.92. The minimum Gasteiger partial charge on any atom is -0.437 e. The molecule has 0 saturated heterocycles. The molecule has 2 aromatic heterocycles. The molecule has 3 aromatic rings. The van der Waals surface area contributed by atoms with E-state index in [1.165, 1.54) is 18.6 Å². The molecule has 6 nitrogen and oxygen atoms in total. The van der Waals surface area contributed by atoms with E-state index in [-0.39, 0.29) is 0 Å². The van der Waals surface area contributed by atoms with Gasteiger partial charge in [0.1, 0.15) is 5.75 Å². The predicted molar refractivity (Wildman–Crippen MR) is 97.7 cm³/mol. The topological polar surface area (TPSA) is 76.1 Å². The second kappa shape index (κ2) is 7.83. The molecule has 0 fully saturated rings. The highest BCUT2D eigenvalue weighted by Crippen LogP contribution is 2.22. The SMILES string of the molecule is O=C(Nc1ccc(Oc2cncc(Cl)c2)nc1)Nc1cccc(Cl)c1. The molecule has 0 unspecified atom stereocenters. The van der Waals surface area contributed by atoms with Gasteiger partial charge in [0.15, 0.2) is 0 Å². The van der Waals surface area contributed by atoms with E-state index in [2.05, 4.69) is 20.6 Å². The van der Waals surface area contributed by atoms with Gasteiger partial charge in [-0.1, -0.05) is 29.3 Å². The van der Waals surface area contributed by atoms with Crippen LogP contribution in [0.4, 0.5) is 16.2 Å². The predicted octanol–water partition coefficient (Wildman–Crippen LogP) is 5.22. The lowest BCUT2D eigenvalue weighted by atomic mass is 10.3. The maximum atomic E-state index is 12.0. The molecule has 126 valence electrons. The van der Waals surface area contributed by atoms with E-state index in [9.17, 15) is 4.79 Å². The van der Waals surface area contributed by atoms with Crippen LogP contribution in [0, 0.1) is 0 Å². The molecule has 0 saturated carbocycles. The third kappa shape index (κ3) is 5.07. The fourth-order valence-electron chi connectivity index (χ4n) is 1.94. The second-order valence-corrected chi connectivity index (χ2v) is 5.79. The number of nitrogens with one attached hydrogen (secondary N) is 2. The van der Waals surface area contributed by atoms with E-state index in [1.807, 2.05) is 0 Å². The Balaban J connectivity index is 1.59. The zero-order valence-corrected chi connectivity index (χ0v) is 14.3. The van der Waals surface area contributed by atoms with Crippen LogP contribution in [0.5, 0.6) is 11.6 Å². The van der Waals surface area contributed by atoms with Gasteiger partial charge in [0.25, 0.3) is 0 Å². The molecule has 0 spiro atoms. The Morgan fingerprint density at radius 3 is 2.48 bits per heavy atom. The number of anilines is 2. The van der Waals surface area contributed by atoms with Crippen molar-refractivity contribution in [1.29, 1.82) is 0 Å². The van der Waals surface area contributed by atoms with Gasteiger partial charge in [-0.3, -0.25) is 4.98 Å². The summed E-state index contributed by atoms with van der Waals surface area (Å²) in [5.41, 5.74) is 1.10. The summed E-state index contributed by atoms with van der Waals surface area (Å²) in [4.78, 5) is 20.0. The Hall–Kier alpha value is -2.83. The molecule has 0 radical (unpaired) electrons. The van der Waals surface area contributed by atoms with Gasteiger partial charge in [-0.05, 0) is 24.3 Å². The number of nitrogens with zero attached hydrogens (tertiary/aromatic N) is 2. The maximum Gasteiger partial charge on any atom is 0.323 e. The summed E-state index contributed by atoms with van der Waals surface area (Å²) in [6, 6.07) is 11.4. The number of carbonyl (C=O) groups is 1. The first-order chi connectivity index (χ1) is 12.1. The van der Waals surface area contributed by atoms with Crippen LogP contribution in [0.25, 0.3) is 0 Å². The van der Waals surface area contributed by atoms with Crippen LogP contribution in [-0.2, 0) is 0 Å². The van der Waals surface area contributed by atoms with E-state index in [0.717, 1.165) is 0 Å². The van der Waals surface area contributed by atoms with Crippen molar-refractivity contribution in [3.63, 3.8) is 0 Å². The Kier molecular flexibility index (Phi) is 5.33. The molecule has 2 heterocycles. The van der Waals surface area contributed by atoms with Gasteiger partial charge >= 0.3 is 6.03 Å². The molecule has 0 atom stereocenters. The minimum absolute atomic E-state index is 0.352. The number of halogens is 2. The number of urea groups is 1. The van der Waals surface area contributed by atoms with Crippen molar-refractivity contribution in [3.05, 3.63) is 71.1 Å². The number of ether oxygens (including phenoxy) is 1. The van der Waals surface area contributed by atoms with Crippen molar-refractivity contribution in [3.8, 4) is 11.6 Å². The van der Waals surface area contributed by atoms with Crippen LogP contribution >= 0.6 is 23.2 Å². The number of pyridine rings is 2. The molecule has 0 aliphatic carbocycles. The molecule has 3 rings (SSSR count). The average Bonchev–Trinajstić information content (AvgIpc) is 2.57. The Labute approximate surface area is 153 Å². The first-order valence-electron chi connectivity index (χ1n) is 7.16.